The van der Waals surface area contributed by atoms with E-state index in [1.807, 2.05) is 0 Å². The van der Waals surface area contributed by atoms with Crippen molar-refractivity contribution in [1.29, 1.82) is 0 Å². The fourth-order valence-corrected chi connectivity index (χ4v) is 1.22. The number of aromatic nitrogens is 3. The highest BCUT2D eigenvalue weighted by Gasteiger charge is 2.06. The summed E-state index contributed by atoms with van der Waals surface area (Å²) in [5.74, 6) is -1.11. The number of hydrogen-bond donors (Lipinski definition) is 1. The maximum absolute atomic E-state index is 10.7. The molecule has 0 unspecified atom stereocenters. The van der Waals surface area contributed by atoms with Crippen molar-refractivity contribution in [2.24, 2.45) is 0 Å². The van der Waals surface area contributed by atoms with Crippen molar-refractivity contribution in [2.75, 3.05) is 0 Å². The second kappa shape index (κ2) is 3.93. The molecule has 0 aliphatic heterocycles. The lowest BCUT2D eigenvalue weighted by molar-refractivity contribution is 0.0690. The number of aromatic carboxylic acids is 1. The summed E-state index contributed by atoms with van der Waals surface area (Å²) in [6.45, 7) is 0. The van der Waals surface area contributed by atoms with Crippen molar-refractivity contribution in [1.82, 2.24) is 14.8 Å². The van der Waals surface area contributed by atoms with Crippen LogP contribution in [0.3, 0.4) is 0 Å². The molecule has 2 rings (SSSR count). The quantitative estimate of drug-likeness (QED) is 0.768. The van der Waals surface area contributed by atoms with E-state index >= 15 is 0 Å². The third-order valence-corrected chi connectivity index (χ3v) is 1.97. The van der Waals surface area contributed by atoms with Crippen molar-refractivity contribution in [3.05, 3.63) is 42.0 Å². The lowest BCUT2D eigenvalue weighted by atomic mass is 10.3. The van der Waals surface area contributed by atoms with Gasteiger partial charge in [0.2, 0.25) is 0 Å². The lowest BCUT2D eigenvalue weighted by Crippen LogP contribution is -2.02. The Balaban J connectivity index is 2.43. The van der Waals surface area contributed by atoms with Crippen molar-refractivity contribution in [3.8, 4) is 5.69 Å². The summed E-state index contributed by atoms with van der Waals surface area (Å²) in [4.78, 5) is 24.8. The van der Waals surface area contributed by atoms with Crippen LogP contribution in [0.4, 0.5) is 0 Å². The molecule has 16 heavy (non-hydrogen) atoms. The number of carboxylic acid groups (broad SMARTS) is 1. The second-order valence-electron chi connectivity index (χ2n) is 3.04. The Hall–Kier alpha value is -2.50. The lowest BCUT2D eigenvalue weighted by Gasteiger charge is -2.01. The average molecular weight is 217 g/mol. The first-order valence-electron chi connectivity index (χ1n) is 4.40. The number of carboxylic acids is 1. The highest BCUT2D eigenvalue weighted by Crippen LogP contribution is 2.08. The van der Waals surface area contributed by atoms with Crippen LogP contribution in [0.25, 0.3) is 5.69 Å². The van der Waals surface area contributed by atoms with E-state index in [4.69, 9.17) is 5.11 Å². The van der Waals surface area contributed by atoms with Gasteiger partial charge in [-0.05, 0) is 12.1 Å². The van der Waals surface area contributed by atoms with Gasteiger partial charge in [0.25, 0.3) is 0 Å². The monoisotopic (exact) mass is 217 g/mol. The van der Waals surface area contributed by atoms with E-state index in [1.54, 1.807) is 6.07 Å². The van der Waals surface area contributed by atoms with Crippen LogP contribution < -0.4 is 0 Å². The molecule has 0 radical (unpaired) electrons. The number of nitrogens with zero attached hydrogens (tertiary/aromatic N) is 3. The molecule has 0 atom stereocenters. The first-order chi connectivity index (χ1) is 7.70. The van der Waals surface area contributed by atoms with E-state index in [0.717, 1.165) is 0 Å². The van der Waals surface area contributed by atoms with Gasteiger partial charge in [-0.1, -0.05) is 0 Å². The molecule has 6 heteroatoms. The van der Waals surface area contributed by atoms with Crippen molar-refractivity contribution >= 4 is 12.3 Å². The zero-order valence-corrected chi connectivity index (χ0v) is 8.07. The molecular formula is C10H7N3O3. The van der Waals surface area contributed by atoms with Crippen molar-refractivity contribution in [2.45, 2.75) is 0 Å². The normalized spacial score (nSPS) is 10.0. The van der Waals surface area contributed by atoms with Crippen LogP contribution in [0.1, 0.15) is 20.8 Å². The summed E-state index contributed by atoms with van der Waals surface area (Å²) < 4.78 is 1.41. The van der Waals surface area contributed by atoms with Crippen LogP contribution in [0.15, 0.2) is 30.7 Å². The van der Waals surface area contributed by atoms with Crippen LogP contribution in [0.5, 0.6) is 0 Å². The first-order valence-corrected chi connectivity index (χ1v) is 4.40. The molecule has 2 heterocycles. The standard InChI is InChI=1S/C10H7N3O3/c14-6-7-4-12-13(5-7)8-1-2-11-9(3-8)10(15)16/h1-6H,(H,15,16). The SMILES string of the molecule is O=Cc1cnn(-c2ccnc(C(=O)O)c2)c1. The summed E-state index contributed by atoms with van der Waals surface area (Å²) in [6.07, 6.45) is 4.95. The molecule has 0 fully saturated rings. The Morgan fingerprint density at radius 3 is 2.94 bits per heavy atom. The number of pyridine rings is 1. The van der Waals surface area contributed by atoms with Crippen molar-refractivity contribution < 1.29 is 14.7 Å². The first kappa shape index (κ1) is 10.0. The predicted molar refractivity (Wildman–Crippen MR) is 53.7 cm³/mol. The van der Waals surface area contributed by atoms with E-state index in [2.05, 4.69) is 10.1 Å². The zero-order valence-electron chi connectivity index (χ0n) is 8.07. The van der Waals surface area contributed by atoms with Crippen LogP contribution >= 0.6 is 0 Å². The molecule has 0 saturated carbocycles. The Morgan fingerprint density at radius 1 is 1.50 bits per heavy atom. The molecule has 0 spiro atoms. The molecule has 2 aromatic heterocycles. The molecule has 0 bridgehead atoms. The molecule has 80 valence electrons. The van der Waals surface area contributed by atoms with Crippen molar-refractivity contribution in [3.63, 3.8) is 0 Å². The largest absolute Gasteiger partial charge is 0.477 e. The maximum atomic E-state index is 10.7. The molecule has 0 saturated heterocycles. The number of hydrogen-bond acceptors (Lipinski definition) is 4. The predicted octanol–water partition coefficient (Wildman–Crippen LogP) is 0.778. The molecule has 0 aliphatic rings. The van der Waals surface area contributed by atoms with E-state index in [1.165, 1.54) is 29.3 Å². The fourth-order valence-electron chi connectivity index (χ4n) is 1.22. The van der Waals surface area contributed by atoms with Gasteiger partial charge in [-0.3, -0.25) is 4.79 Å². The van der Waals surface area contributed by atoms with E-state index < -0.39 is 5.97 Å². The van der Waals surface area contributed by atoms with Crippen LogP contribution in [-0.2, 0) is 0 Å². The van der Waals surface area contributed by atoms with Gasteiger partial charge in [-0.25, -0.2) is 14.5 Å². The van der Waals surface area contributed by atoms with Gasteiger partial charge < -0.3 is 5.11 Å². The van der Waals surface area contributed by atoms with E-state index in [0.29, 0.717) is 17.5 Å². The molecule has 1 N–H and O–H groups in total. The molecule has 6 nitrogen and oxygen atoms in total. The minimum atomic E-state index is -1.11. The van der Waals surface area contributed by atoms with Gasteiger partial charge in [0.15, 0.2) is 6.29 Å². The third-order valence-electron chi connectivity index (χ3n) is 1.97. The minimum Gasteiger partial charge on any atom is -0.477 e. The van der Waals surface area contributed by atoms with Crippen LogP contribution in [0.2, 0.25) is 0 Å². The molecule has 2 aromatic rings. The van der Waals surface area contributed by atoms with Gasteiger partial charge >= 0.3 is 5.97 Å². The van der Waals surface area contributed by atoms with Crippen LogP contribution in [0, 0.1) is 0 Å². The summed E-state index contributed by atoms with van der Waals surface area (Å²) in [5, 5.41) is 12.7. The van der Waals surface area contributed by atoms with E-state index in [-0.39, 0.29) is 5.69 Å². The smallest absolute Gasteiger partial charge is 0.354 e. The Bertz CT molecular complexity index is 548. The number of carbonyl (C=O) groups is 2. The van der Waals surface area contributed by atoms with Gasteiger partial charge in [0.1, 0.15) is 5.69 Å². The highest BCUT2D eigenvalue weighted by atomic mass is 16.4. The fraction of sp³-hybridized carbons (Fsp3) is 0. The number of aldehydes is 1. The van der Waals surface area contributed by atoms with E-state index in [9.17, 15) is 9.59 Å². The Morgan fingerprint density at radius 2 is 2.31 bits per heavy atom. The van der Waals surface area contributed by atoms with Gasteiger partial charge in [-0.2, -0.15) is 5.10 Å². The summed E-state index contributed by atoms with van der Waals surface area (Å²) >= 11 is 0. The number of rotatable bonds is 3. The maximum Gasteiger partial charge on any atom is 0.354 e. The summed E-state index contributed by atoms with van der Waals surface area (Å²) in [7, 11) is 0. The average Bonchev–Trinajstić information content (AvgIpc) is 2.77. The summed E-state index contributed by atoms with van der Waals surface area (Å²) in [5.41, 5.74) is 0.898. The molecule has 0 amide bonds. The van der Waals surface area contributed by atoms with Gasteiger partial charge in [0, 0.05) is 12.4 Å². The number of carbonyl (C=O) groups excluding carboxylic acids is 1. The van der Waals surface area contributed by atoms with Gasteiger partial charge in [0.05, 0.1) is 17.4 Å². The molecule has 0 aromatic carbocycles. The third kappa shape index (κ3) is 1.81. The summed E-state index contributed by atoms with van der Waals surface area (Å²) in [6, 6.07) is 2.98. The van der Waals surface area contributed by atoms with Gasteiger partial charge in [-0.15, -0.1) is 0 Å². The second-order valence-corrected chi connectivity index (χ2v) is 3.04. The highest BCUT2D eigenvalue weighted by molar-refractivity contribution is 5.85. The Labute approximate surface area is 90.2 Å². The topological polar surface area (TPSA) is 85.1 Å². The Kier molecular flexibility index (Phi) is 2.47. The molecule has 0 aliphatic carbocycles. The molecular weight excluding hydrogens is 210 g/mol. The minimum absolute atomic E-state index is 0.0688. The zero-order chi connectivity index (χ0) is 11.5. The van der Waals surface area contributed by atoms with Crippen LogP contribution in [-0.4, -0.2) is 32.1 Å².